The number of ether oxygens (including phenoxy) is 2. The highest BCUT2D eigenvalue weighted by molar-refractivity contribution is 5.73. The lowest BCUT2D eigenvalue weighted by Gasteiger charge is -2.12. The van der Waals surface area contributed by atoms with Crippen molar-refractivity contribution >= 4 is 16.9 Å². The quantitative estimate of drug-likeness (QED) is 0.417. The molecule has 0 aliphatic heterocycles. The number of methoxy groups -OCH3 is 2. The number of H-pyrrole nitrogens is 1. The van der Waals surface area contributed by atoms with E-state index in [4.69, 9.17) is 14.5 Å². The summed E-state index contributed by atoms with van der Waals surface area (Å²) < 4.78 is 29.0. The highest BCUT2D eigenvalue weighted by Gasteiger charge is 2.14. The van der Waals surface area contributed by atoms with Crippen LogP contribution in [0.2, 0.25) is 0 Å². The van der Waals surface area contributed by atoms with Crippen molar-refractivity contribution in [3.63, 3.8) is 0 Å². The van der Waals surface area contributed by atoms with Gasteiger partial charge in [0, 0.05) is 37.1 Å². The molecule has 0 amide bonds. The van der Waals surface area contributed by atoms with Crippen LogP contribution in [0.25, 0.3) is 22.4 Å². The highest BCUT2D eigenvalue weighted by Crippen LogP contribution is 2.32. The van der Waals surface area contributed by atoms with Crippen molar-refractivity contribution in [3.05, 3.63) is 72.1 Å². The summed E-state index contributed by atoms with van der Waals surface area (Å²) >= 11 is 0. The Morgan fingerprint density at radius 3 is 2.71 bits per heavy atom. The predicted molar refractivity (Wildman–Crippen MR) is 122 cm³/mol. The van der Waals surface area contributed by atoms with Gasteiger partial charge in [-0.2, -0.15) is 10.2 Å². The van der Waals surface area contributed by atoms with Gasteiger partial charge in [0.1, 0.15) is 22.4 Å². The van der Waals surface area contributed by atoms with Gasteiger partial charge >= 0.3 is 0 Å². The van der Waals surface area contributed by atoms with E-state index in [9.17, 15) is 0 Å². The Hall–Kier alpha value is -4.54. The zero-order chi connectivity index (χ0) is 23.7. The van der Waals surface area contributed by atoms with Crippen molar-refractivity contribution in [1.29, 1.82) is 0 Å². The summed E-state index contributed by atoms with van der Waals surface area (Å²) in [6.07, 6.45) is 6.95. The molecule has 1 aromatic carbocycles. The van der Waals surface area contributed by atoms with Gasteiger partial charge in [-0.1, -0.05) is 0 Å². The van der Waals surface area contributed by atoms with E-state index in [0.29, 0.717) is 34.6 Å². The molecule has 0 aliphatic rings. The zero-order valence-electron chi connectivity index (χ0n) is 18.7. The SMILES string of the molecule is COc1cc(N=c2ccc3ncc(-c4cnn(C)c4)nc3n2Cc2ccn[nH]2)c(F)c(OC)c1. The Kier molecular flexibility index (Phi) is 5.50. The molecule has 5 aromatic rings. The minimum atomic E-state index is -0.591. The summed E-state index contributed by atoms with van der Waals surface area (Å²) in [6, 6.07) is 8.40. The fraction of sp³-hybridized carbons (Fsp3) is 0.174. The minimum absolute atomic E-state index is 0.0395. The van der Waals surface area contributed by atoms with E-state index < -0.39 is 5.82 Å². The van der Waals surface area contributed by atoms with Crippen LogP contribution in [0.5, 0.6) is 11.5 Å². The standard InChI is InChI=1S/C23H21FN8O2/c1-31-12-14(10-27-31)19-11-25-17-4-5-21(32(23(17)29-19)13-15-6-7-26-30-15)28-18-8-16(33-2)9-20(34-3)22(18)24/h4-12H,13H2,1-3H3,(H,26,30). The fourth-order valence-electron chi connectivity index (χ4n) is 3.58. The topological polar surface area (TPSA) is 108 Å². The Balaban J connectivity index is 1.76. The lowest BCUT2D eigenvalue weighted by Crippen LogP contribution is -2.23. The van der Waals surface area contributed by atoms with Gasteiger partial charge in [-0.3, -0.25) is 14.8 Å². The first-order valence-electron chi connectivity index (χ1n) is 10.4. The molecular weight excluding hydrogens is 439 g/mol. The van der Waals surface area contributed by atoms with Crippen molar-refractivity contribution in [2.45, 2.75) is 6.54 Å². The smallest absolute Gasteiger partial charge is 0.190 e. The Bertz CT molecular complexity index is 1540. The van der Waals surface area contributed by atoms with E-state index in [2.05, 4.69) is 25.3 Å². The third-order valence-corrected chi connectivity index (χ3v) is 5.28. The zero-order valence-corrected chi connectivity index (χ0v) is 18.7. The molecule has 0 saturated carbocycles. The van der Waals surface area contributed by atoms with Gasteiger partial charge in [0.25, 0.3) is 0 Å². The average molecular weight is 460 g/mol. The Morgan fingerprint density at radius 2 is 2.00 bits per heavy atom. The number of pyridine rings is 1. The Morgan fingerprint density at radius 1 is 1.12 bits per heavy atom. The number of hydrogen-bond acceptors (Lipinski definition) is 7. The van der Waals surface area contributed by atoms with E-state index >= 15 is 4.39 Å². The van der Waals surface area contributed by atoms with Crippen LogP contribution in [0.1, 0.15) is 5.69 Å². The summed E-state index contributed by atoms with van der Waals surface area (Å²) in [4.78, 5) is 14.0. The second-order valence-corrected chi connectivity index (χ2v) is 7.50. The first kappa shape index (κ1) is 21.3. The molecule has 0 fully saturated rings. The van der Waals surface area contributed by atoms with Crippen LogP contribution < -0.4 is 15.0 Å². The lowest BCUT2D eigenvalue weighted by molar-refractivity contribution is 0.374. The number of hydrogen-bond donors (Lipinski definition) is 1. The van der Waals surface area contributed by atoms with E-state index in [1.807, 2.05) is 23.9 Å². The predicted octanol–water partition coefficient (Wildman–Crippen LogP) is 2.99. The van der Waals surface area contributed by atoms with Crippen LogP contribution in [0, 0.1) is 5.82 Å². The average Bonchev–Trinajstić information content (AvgIpc) is 3.53. The number of aromatic amines is 1. The molecule has 0 radical (unpaired) electrons. The number of nitrogens with zero attached hydrogens (tertiary/aromatic N) is 7. The molecule has 11 heteroatoms. The van der Waals surface area contributed by atoms with Crippen LogP contribution in [0.15, 0.2) is 60.1 Å². The molecule has 0 bridgehead atoms. The van der Waals surface area contributed by atoms with E-state index in [1.54, 1.807) is 35.4 Å². The largest absolute Gasteiger partial charge is 0.497 e. The molecular formula is C23H21FN8O2. The second-order valence-electron chi connectivity index (χ2n) is 7.50. The maximum absolute atomic E-state index is 15.0. The summed E-state index contributed by atoms with van der Waals surface area (Å²) in [5.41, 5.74) is 4.09. The number of aryl methyl sites for hydroxylation is 1. The third-order valence-electron chi connectivity index (χ3n) is 5.28. The minimum Gasteiger partial charge on any atom is -0.497 e. The number of aromatic nitrogens is 7. The van der Waals surface area contributed by atoms with Gasteiger partial charge < -0.3 is 14.0 Å². The normalized spacial score (nSPS) is 11.8. The number of nitrogens with one attached hydrogen (secondary N) is 1. The first-order valence-corrected chi connectivity index (χ1v) is 10.4. The summed E-state index contributed by atoms with van der Waals surface area (Å²) in [5, 5.41) is 11.2. The molecule has 0 unspecified atom stereocenters. The number of benzene rings is 1. The van der Waals surface area contributed by atoms with Crippen LogP contribution in [0.4, 0.5) is 10.1 Å². The molecule has 34 heavy (non-hydrogen) atoms. The van der Waals surface area contributed by atoms with Crippen LogP contribution in [-0.2, 0) is 13.6 Å². The molecule has 1 N–H and O–H groups in total. The highest BCUT2D eigenvalue weighted by atomic mass is 19.1. The van der Waals surface area contributed by atoms with Crippen molar-refractivity contribution in [2.75, 3.05) is 14.2 Å². The van der Waals surface area contributed by atoms with E-state index in [1.165, 1.54) is 26.4 Å². The van der Waals surface area contributed by atoms with Crippen LogP contribution in [-0.4, -0.2) is 48.7 Å². The first-order chi connectivity index (χ1) is 16.6. The van der Waals surface area contributed by atoms with Gasteiger partial charge in [0.05, 0.1) is 44.5 Å². The molecule has 4 heterocycles. The van der Waals surface area contributed by atoms with Crippen LogP contribution in [0.3, 0.4) is 0 Å². The molecule has 4 aromatic heterocycles. The van der Waals surface area contributed by atoms with Gasteiger partial charge in [0.15, 0.2) is 17.2 Å². The molecule has 10 nitrogen and oxygen atoms in total. The maximum Gasteiger partial charge on any atom is 0.190 e. The third kappa shape index (κ3) is 3.98. The Labute approximate surface area is 193 Å². The van der Waals surface area contributed by atoms with Crippen molar-refractivity contribution in [2.24, 2.45) is 12.0 Å². The molecule has 0 atom stereocenters. The van der Waals surface area contributed by atoms with Crippen molar-refractivity contribution in [3.8, 4) is 22.8 Å². The molecule has 0 saturated heterocycles. The van der Waals surface area contributed by atoms with Crippen LogP contribution >= 0.6 is 0 Å². The van der Waals surface area contributed by atoms with Gasteiger partial charge in [-0.25, -0.2) is 14.4 Å². The molecule has 172 valence electrons. The van der Waals surface area contributed by atoms with Gasteiger partial charge in [-0.05, 0) is 18.2 Å². The van der Waals surface area contributed by atoms with Crippen molar-refractivity contribution < 1.29 is 13.9 Å². The number of fused-ring (bicyclic) bond motifs is 1. The monoisotopic (exact) mass is 460 g/mol. The lowest BCUT2D eigenvalue weighted by atomic mass is 10.2. The molecule has 0 aliphatic carbocycles. The summed E-state index contributed by atoms with van der Waals surface area (Å²) in [6.45, 7) is 0.365. The molecule has 0 spiro atoms. The summed E-state index contributed by atoms with van der Waals surface area (Å²) in [5.74, 6) is -0.124. The van der Waals surface area contributed by atoms with Gasteiger partial charge in [0.2, 0.25) is 0 Å². The maximum atomic E-state index is 15.0. The number of rotatable bonds is 6. The van der Waals surface area contributed by atoms with E-state index in [0.717, 1.165) is 11.3 Å². The van der Waals surface area contributed by atoms with Gasteiger partial charge in [-0.15, -0.1) is 0 Å². The number of halogens is 1. The second kappa shape index (κ2) is 8.77. The molecule has 5 rings (SSSR count). The van der Waals surface area contributed by atoms with E-state index in [-0.39, 0.29) is 11.4 Å². The van der Waals surface area contributed by atoms with Crippen molar-refractivity contribution in [1.82, 2.24) is 34.5 Å². The summed E-state index contributed by atoms with van der Waals surface area (Å²) in [7, 11) is 4.73. The fourth-order valence-corrected chi connectivity index (χ4v) is 3.58.